The molecule has 18 heavy (non-hydrogen) atoms. The van der Waals surface area contributed by atoms with Crippen LogP contribution in [0.5, 0.6) is 0 Å². The Bertz CT molecular complexity index is 333. The van der Waals surface area contributed by atoms with E-state index in [1.54, 1.807) is 19.2 Å². The summed E-state index contributed by atoms with van der Waals surface area (Å²) in [7, 11) is 1.68. The number of methoxy groups -OCH3 is 1. The lowest BCUT2D eigenvalue weighted by atomic mass is 10.1. The molecule has 1 aromatic carbocycles. The van der Waals surface area contributed by atoms with Gasteiger partial charge in [-0.3, -0.25) is 0 Å². The maximum atomic E-state index is 13.5. The fourth-order valence-electron chi connectivity index (χ4n) is 1.69. The highest BCUT2D eigenvalue weighted by Crippen LogP contribution is 2.15. The molecular formula is C14H22FNO2. The van der Waals surface area contributed by atoms with Gasteiger partial charge in [0.2, 0.25) is 0 Å². The van der Waals surface area contributed by atoms with E-state index in [0.29, 0.717) is 25.3 Å². The van der Waals surface area contributed by atoms with E-state index in [9.17, 15) is 4.39 Å². The van der Waals surface area contributed by atoms with Gasteiger partial charge in [0.05, 0.1) is 6.61 Å². The first kappa shape index (κ1) is 15.1. The van der Waals surface area contributed by atoms with E-state index in [-0.39, 0.29) is 11.9 Å². The van der Waals surface area contributed by atoms with Crippen LogP contribution in [0, 0.1) is 5.82 Å². The molecule has 1 atom stereocenters. The van der Waals surface area contributed by atoms with Gasteiger partial charge in [-0.05, 0) is 19.4 Å². The second-order valence-corrected chi connectivity index (χ2v) is 4.16. The second kappa shape index (κ2) is 9.03. The number of rotatable bonds is 9. The van der Waals surface area contributed by atoms with Crippen molar-refractivity contribution >= 4 is 0 Å². The summed E-state index contributed by atoms with van der Waals surface area (Å²) in [5, 5.41) is 3.23. The Balaban J connectivity index is 2.14. The van der Waals surface area contributed by atoms with Crippen molar-refractivity contribution in [1.29, 1.82) is 0 Å². The molecular weight excluding hydrogens is 233 g/mol. The smallest absolute Gasteiger partial charge is 0.127 e. The van der Waals surface area contributed by atoms with Crippen molar-refractivity contribution in [3.8, 4) is 0 Å². The van der Waals surface area contributed by atoms with Gasteiger partial charge in [0.25, 0.3) is 0 Å². The van der Waals surface area contributed by atoms with Gasteiger partial charge in [0, 0.05) is 38.5 Å². The Kier molecular flexibility index (Phi) is 7.57. The van der Waals surface area contributed by atoms with Crippen molar-refractivity contribution in [2.24, 2.45) is 0 Å². The number of hydrogen-bond acceptors (Lipinski definition) is 3. The Labute approximate surface area is 108 Å². The molecule has 4 heteroatoms. The van der Waals surface area contributed by atoms with Crippen molar-refractivity contribution in [3.05, 3.63) is 35.6 Å². The van der Waals surface area contributed by atoms with Crippen LogP contribution in [0.15, 0.2) is 24.3 Å². The molecule has 0 saturated heterocycles. The lowest BCUT2D eigenvalue weighted by molar-refractivity contribution is 0.103. The highest BCUT2D eigenvalue weighted by Gasteiger charge is 2.08. The maximum absolute atomic E-state index is 13.5. The zero-order chi connectivity index (χ0) is 13.2. The monoisotopic (exact) mass is 255 g/mol. The third kappa shape index (κ3) is 5.58. The summed E-state index contributed by atoms with van der Waals surface area (Å²) in [6.45, 7) is 4.71. The van der Waals surface area contributed by atoms with Gasteiger partial charge < -0.3 is 14.8 Å². The number of benzene rings is 1. The quantitative estimate of drug-likeness (QED) is 0.688. The molecule has 0 amide bonds. The van der Waals surface area contributed by atoms with E-state index in [4.69, 9.17) is 9.47 Å². The van der Waals surface area contributed by atoms with Gasteiger partial charge in [-0.25, -0.2) is 4.39 Å². The highest BCUT2D eigenvalue weighted by atomic mass is 19.1. The lowest BCUT2D eigenvalue weighted by Crippen LogP contribution is -2.24. The normalized spacial score (nSPS) is 12.6. The number of ether oxygens (including phenoxy) is 2. The molecule has 0 aliphatic rings. The molecule has 1 N–H and O–H groups in total. The molecule has 0 aromatic heterocycles. The summed E-state index contributed by atoms with van der Waals surface area (Å²) in [6.07, 6.45) is 0.902. The molecule has 0 aliphatic carbocycles. The molecule has 3 nitrogen and oxygen atoms in total. The first-order valence-electron chi connectivity index (χ1n) is 6.30. The molecule has 1 aromatic rings. The fourth-order valence-corrected chi connectivity index (χ4v) is 1.69. The van der Waals surface area contributed by atoms with Crippen LogP contribution in [0.1, 0.15) is 24.9 Å². The third-order valence-electron chi connectivity index (χ3n) is 2.71. The van der Waals surface area contributed by atoms with Crippen LogP contribution in [0.2, 0.25) is 0 Å². The van der Waals surface area contributed by atoms with Crippen LogP contribution in [-0.2, 0) is 9.47 Å². The number of nitrogens with one attached hydrogen (secondary N) is 1. The summed E-state index contributed by atoms with van der Waals surface area (Å²) in [5.74, 6) is -0.168. The van der Waals surface area contributed by atoms with Crippen molar-refractivity contribution in [1.82, 2.24) is 5.32 Å². The first-order valence-corrected chi connectivity index (χ1v) is 6.30. The van der Waals surface area contributed by atoms with Crippen LogP contribution in [0.3, 0.4) is 0 Å². The number of hydrogen-bond donors (Lipinski definition) is 1. The van der Waals surface area contributed by atoms with E-state index in [1.165, 1.54) is 6.07 Å². The predicted octanol–water partition coefficient (Wildman–Crippen LogP) is 2.53. The molecule has 0 bridgehead atoms. The van der Waals surface area contributed by atoms with Gasteiger partial charge in [-0.15, -0.1) is 0 Å². The zero-order valence-corrected chi connectivity index (χ0v) is 11.1. The molecule has 1 rings (SSSR count). The maximum Gasteiger partial charge on any atom is 0.127 e. The summed E-state index contributed by atoms with van der Waals surface area (Å²) in [6, 6.07) is 6.82. The lowest BCUT2D eigenvalue weighted by Gasteiger charge is -2.15. The van der Waals surface area contributed by atoms with E-state index in [2.05, 4.69) is 5.32 Å². The third-order valence-corrected chi connectivity index (χ3v) is 2.71. The van der Waals surface area contributed by atoms with Gasteiger partial charge >= 0.3 is 0 Å². The average molecular weight is 255 g/mol. The molecule has 0 spiro atoms. The fraction of sp³-hybridized carbons (Fsp3) is 0.571. The van der Waals surface area contributed by atoms with Crippen LogP contribution < -0.4 is 5.32 Å². The SMILES string of the molecule is COCCCOCCN[C@H](C)c1ccccc1F. The molecule has 0 saturated carbocycles. The van der Waals surface area contributed by atoms with Crippen LogP contribution in [0.25, 0.3) is 0 Å². The summed E-state index contributed by atoms with van der Waals surface area (Å²) >= 11 is 0. The van der Waals surface area contributed by atoms with E-state index < -0.39 is 0 Å². The van der Waals surface area contributed by atoms with Gasteiger partial charge in [-0.2, -0.15) is 0 Å². The molecule has 102 valence electrons. The molecule has 0 fully saturated rings. The van der Waals surface area contributed by atoms with Crippen LogP contribution in [-0.4, -0.2) is 33.5 Å². The van der Waals surface area contributed by atoms with Gasteiger partial charge in [0.1, 0.15) is 5.82 Å². The van der Waals surface area contributed by atoms with E-state index in [1.807, 2.05) is 13.0 Å². The Hall–Kier alpha value is -0.970. The molecule has 0 radical (unpaired) electrons. The summed E-state index contributed by atoms with van der Waals surface area (Å²) < 4.78 is 23.8. The Morgan fingerprint density at radius 2 is 2.00 bits per heavy atom. The largest absolute Gasteiger partial charge is 0.385 e. The Morgan fingerprint density at radius 3 is 2.72 bits per heavy atom. The van der Waals surface area contributed by atoms with Crippen molar-refractivity contribution < 1.29 is 13.9 Å². The van der Waals surface area contributed by atoms with Crippen LogP contribution in [0.4, 0.5) is 4.39 Å². The summed E-state index contributed by atoms with van der Waals surface area (Å²) in [4.78, 5) is 0. The van der Waals surface area contributed by atoms with Crippen molar-refractivity contribution in [2.75, 3.05) is 33.5 Å². The highest BCUT2D eigenvalue weighted by molar-refractivity contribution is 5.20. The van der Waals surface area contributed by atoms with Crippen molar-refractivity contribution in [2.45, 2.75) is 19.4 Å². The second-order valence-electron chi connectivity index (χ2n) is 4.16. The van der Waals surface area contributed by atoms with E-state index in [0.717, 1.165) is 13.0 Å². The van der Waals surface area contributed by atoms with Gasteiger partial charge in [0.15, 0.2) is 0 Å². The number of halogens is 1. The minimum absolute atomic E-state index is 0.00576. The first-order chi connectivity index (χ1) is 8.75. The average Bonchev–Trinajstić information content (AvgIpc) is 2.38. The van der Waals surface area contributed by atoms with E-state index >= 15 is 0 Å². The van der Waals surface area contributed by atoms with Crippen LogP contribution >= 0.6 is 0 Å². The molecule has 0 unspecified atom stereocenters. The minimum Gasteiger partial charge on any atom is -0.385 e. The summed E-state index contributed by atoms with van der Waals surface area (Å²) in [5.41, 5.74) is 0.692. The molecule has 0 aliphatic heterocycles. The predicted molar refractivity (Wildman–Crippen MR) is 70.1 cm³/mol. The van der Waals surface area contributed by atoms with Gasteiger partial charge in [-0.1, -0.05) is 18.2 Å². The Morgan fingerprint density at radius 1 is 1.22 bits per heavy atom. The zero-order valence-electron chi connectivity index (χ0n) is 11.1. The topological polar surface area (TPSA) is 30.5 Å². The minimum atomic E-state index is -0.168. The standard InChI is InChI=1S/C14H22FNO2/c1-12(13-6-3-4-7-14(13)15)16-8-11-18-10-5-9-17-2/h3-4,6-7,12,16H,5,8-11H2,1-2H3/t12-/m1/s1. The molecule has 0 heterocycles. The van der Waals surface area contributed by atoms with Crippen molar-refractivity contribution in [3.63, 3.8) is 0 Å².